The average molecular weight is 282 g/mol. The molecule has 0 amide bonds. The number of aromatic nitrogens is 1. The van der Waals surface area contributed by atoms with Crippen molar-refractivity contribution in [2.24, 2.45) is 0 Å². The number of carbonyl (C=O) groups is 1. The van der Waals surface area contributed by atoms with Gasteiger partial charge in [-0.3, -0.25) is 10.1 Å². The van der Waals surface area contributed by atoms with Gasteiger partial charge in [-0.1, -0.05) is 24.3 Å². The summed E-state index contributed by atoms with van der Waals surface area (Å²) in [7, 11) is 0. The number of esters is 1. The van der Waals surface area contributed by atoms with Gasteiger partial charge in [-0.2, -0.15) is 0 Å². The Labute approximate surface area is 123 Å². The molecule has 1 N–H and O–H groups in total. The van der Waals surface area contributed by atoms with Crippen LogP contribution in [0.1, 0.15) is 30.6 Å². The second kappa shape index (κ2) is 4.74. The first-order valence-electron chi connectivity index (χ1n) is 7.50. The van der Waals surface area contributed by atoms with Gasteiger partial charge in [0.05, 0.1) is 18.2 Å². The van der Waals surface area contributed by atoms with E-state index in [1.807, 2.05) is 6.92 Å². The molecule has 2 aliphatic heterocycles. The van der Waals surface area contributed by atoms with E-state index in [2.05, 4.69) is 46.4 Å². The van der Waals surface area contributed by atoms with Crippen molar-refractivity contribution in [3.8, 4) is 0 Å². The number of nitrogens with zero attached hydrogens (tertiary/aromatic N) is 1. The molecule has 108 valence electrons. The molecule has 4 rings (SSSR count). The molecule has 0 fully saturated rings. The number of fused-ring (bicyclic) bond motifs is 3. The predicted octanol–water partition coefficient (Wildman–Crippen LogP) is 2.63. The molecule has 3 heterocycles. The lowest BCUT2D eigenvalue weighted by Gasteiger charge is -2.32. The second-order valence-electron chi connectivity index (χ2n) is 5.60. The highest BCUT2D eigenvalue weighted by molar-refractivity contribution is 5.89. The topological polar surface area (TPSA) is 43.3 Å². The third-order valence-corrected chi connectivity index (χ3v) is 4.40. The summed E-state index contributed by atoms with van der Waals surface area (Å²) < 4.78 is 7.46. The minimum absolute atomic E-state index is 0.144. The van der Waals surface area contributed by atoms with Gasteiger partial charge in [0.1, 0.15) is 6.04 Å². The molecular weight excluding hydrogens is 264 g/mol. The summed E-state index contributed by atoms with van der Waals surface area (Å²) in [4.78, 5) is 12.1. The van der Waals surface area contributed by atoms with Gasteiger partial charge in [0.2, 0.25) is 0 Å². The summed E-state index contributed by atoms with van der Waals surface area (Å²) in [6, 6.07) is 8.36. The van der Waals surface area contributed by atoms with Crippen LogP contribution in [0.5, 0.6) is 0 Å². The van der Waals surface area contributed by atoms with E-state index in [4.69, 9.17) is 4.74 Å². The quantitative estimate of drug-likeness (QED) is 0.861. The first-order valence-corrected chi connectivity index (χ1v) is 7.50. The fraction of sp³-hybridized carbons (Fsp3) is 0.353. The summed E-state index contributed by atoms with van der Waals surface area (Å²) in [5.74, 6) is -0.144. The van der Waals surface area contributed by atoms with Gasteiger partial charge in [-0.05, 0) is 25.0 Å². The normalized spacial score (nSPS) is 23.1. The molecule has 4 nitrogen and oxygen atoms in total. The van der Waals surface area contributed by atoms with Gasteiger partial charge in [-0.15, -0.1) is 0 Å². The zero-order chi connectivity index (χ0) is 14.4. The maximum Gasteiger partial charge on any atom is 0.323 e. The first kappa shape index (κ1) is 12.7. The molecule has 2 atom stereocenters. The maximum absolute atomic E-state index is 12.1. The highest BCUT2D eigenvalue weighted by atomic mass is 16.5. The number of rotatable bonds is 2. The molecule has 0 spiro atoms. The Hall–Kier alpha value is -2.07. The van der Waals surface area contributed by atoms with Crippen LogP contribution in [0.2, 0.25) is 0 Å². The fourth-order valence-electron chi connectivity index (χ4n) is 3.57. The lowest BCUT2D eigenvalue weighted by Crippen LogP contribution is -2.46. The molecule has 0 radical (unpaired) electrons. The SMILES string of the molecule is CCOC(=O)[C@@H]1Cc2c3n(c4ccccc24)C=CC[C@@H]3N1. The van der Waals surface area contributed by atoms with E-state index >= 15 is 0 Å². The Kier molecular flexibility index (Phi) is 2.86. The van der Waals surface area contributed by atoms with Crippen molar-refractivity contribution in [3.63, 3.8) is 0 Å². The van der Waals surface area contributed by atoms with Crippen molar-refractivity contribution < 1.29 is 9.53 Å². The lowest BCUT2D eigenvalue weighted by atomic mass is 9.91. The minimum Gasteiger partial charge on any atom is -0.465 e. The Balaban J connectivity index is 1.85. The number of carbonyl (C=O) groups excluding carboxylic acids is 1. The minimum atomic E-state index is -0.242. The summed E-state index contributed by atoms with van der Waals surface area (Å²) in [5.41, 5.74) is 3.81. The summed E-state index contributed by atoms with van der Waals surface area (Å²) >= 11 is 0. The van der Waals surface area contributed by atoms with Crippen LogP contribution in [-0.2, 0) is 16.0 Å². The van der Waals surface area contributed by atoms with E-state index in [-0.39, 0.29) is 18.1 Å². The summed E-state index contributed by atoms with van der Waals surface area (Å²) in [6.07, 6.45) is 5.92. The number of para-hydroxylation sites is 1. The van der Waals surface area contributed by atoms with Crippen molar-refractivity contribution in [2.45, 2.75) is 31.8 Å². The van der Waals surface area contributed by atoms with Crippen LogP contribution in [0.25, 0.3) is 17.1 Å². The number of nitrogens with one attached hydrogen (secondary N) is 1. The van der Waals surface area contributed by atoms with Crippen LogP contribution in [0.15, 0.2) is 30.3 Å². The fourth-order valence-corrected chi connectivity index (χ4v) is 3.57. The Morgan fingerprint density at radius 2 is 2.29 bits per heavy atom. The van der Waals surface area contributed by atoms with Crippen molar-refractivity contribution in [1.82, 2.24) is 9.88 Å². The van der Waals surface area contributed by atoms with Crippen LogP contribution in [0, 0.1) is 0 Å². The zero-order valence-corrected chi connectivity index (χ0v) is 12.0. The van der Waals surface area contributed by atoms with Gasteiger partial charge in [-0.25, -0.2) is 0 Å². The second-order valence-corrected chi connectivity index (χ2v) is 5.60. The van der Waals surface area contributed by atoms with Gasteiger partial charge >= 0.3 is 5.97 Å². The van der Waals surface area contributed by atoms with Gasteiger partial charge in [0, 0.05) is 23.7 Å². The Morgan fingerprint density at radius 3 is 3.14 bits per heavy atom. The molecule has 1 aromatic carbocycles. The molecule has 0 saturated carbocycles. The highest BCUT2D eigenvalue weighted by Crippen LogP contribution is 2.38. The van der Waals surface area contributed by atoms with Gasteiger partial charge in [0.25, 0.3) is 0 Å². The molecular formula is C17H18N2O2. The molecule has 0 aliphatic carbocycles. The highest BCUT2D eigenvalue weighted by Gasteiger charge is 2.35. The van der Waals surface area contributed by atoms with Crippen molar-refractivity contribution in [1.29, 1.82) is 0 Å². The van der Waals surface area contributed by atoms with Crippen molar-refractivity contribution in [3.05, 3.63) is 41.6 Å². The van der Waals surface area contributed by atoms with Crippen molar-refractivity contribution in [2.75, 3.05) is 6.61 Å². The molecule has 4 heteroatoms. The number of ether oxygens (including phenoxy) is 1. The van der Waals surface area contributed by atoms with Gasteiger partial charge in [0.15, 0.2) is 0 Å². The largest absolute Gasteiger partial charge is 0.465 e. The zero-order valence-electron chi connectivity index (χ0n) is 12.0. The van der Waals surface area contributed by atoms with E-state index < -0.39 is 0 Å². The maximum atomic E-state index is 12.1. The van der Waals surface area contributed by atoms with Gasteiger partial charge < -0.3 is 9.30 Å². The smallest absolute Gasteiger partial charge is 0.323 e. The molecule has 0 bridgehead atoms. The molecule has 2 aliphatic rings. The van der Waals surface area contributed by atoms with Crippen LogP contribution in [-0.4, -0.2) is 23.2 Å². The van der Waals surface area contributed by atoms with E-state index in [0.717, 1.165) is 6.42 Å². The Bertz CT molecular complexity index is 745. The average Bonchev–Trinajstić information content (AvgIpc) is 2.84. The first-order chi connectivity index (χ1) is 10.3. The Morgan fingerprint density at radius 1 is 1.43 bits per heavy atom. The third kappa shape index (κ3) is 1.83. The van der Waals surface area contributed by atoms with E-state index in [1.54, 1.807) is 0 Å². The lowest BCUT2D eigenvalue weighted by molar-refractivity contribution is -0.146. The number of hydrogen-bond acceptors (Lipinski definition) is 3. The van der Waals surface area contributed by atoms with E-state index in [0.29, 0.717) is 13.0 Å². The van der Waals surface area contributed by atoms with Crippen LogP contribution < -0.4 is 5.32 Å². The number of benzene rings is 1. The number of hydrogen-bond donors (Lipinski definition) is 1. The van der Waals surface area contributed by atoms with Crippen molar-refractivity contribution >= 4 is 23.1 Å². The molecule has 21 heavy (non-hydrogen) atoms. The third-order valence-electron chi connectivity index (χ3n) is 4.40. The molecule has 0 saturated heterocycles. The summed E-state index contributed by atoms with van der Waals surface area (Å²) in [5, 5.41) is 4.70. The monoisotopic (exact) mass is 282 g/mol. The van der Waals surface area contributed by atoms with Crippen LogP contribution >= 0.6 is 0 Å². The van der Waals surface area contributed by atoms with Crippen LogP contribution in [0.3, 0.4) is 0 Å². The van der Waals surface area contributed by atoms with E-state index in [9.17, 15) is 4.79 Å². The standard InChI is InChI=1S/C17H18N2O2/c1-2-21-17(20)14-10-12-11-6-3-4-8-15(11)19-9-5-7-13(18-14)16(12)19/h3-6,8-9,13-14,18H,2,7,10H2,1H3/t13-,14-/m0/s1. The molecule has 0 unspecified atom stereocenters. The predicted molar refractivity (Wildman–Crippen MR) is 81.9 cm³/mol. The summed E-state index contributed by atoms with van der Waals surface area (Å²) in [6.45, 7) is 2.28. The van der Waals surface area contributed by atoms with E-state index in [1.165, 1.54) is 22.2 Å². The molecule has 1 aromatic heterocycles. The van der Waals surface area contributed by atoms with Crippen LogP contribution in [0.4, 0.5) is 0 Å². The molecule has 2 aromatic rings.